The number of nitrogens with zero attached hydrogens (tertiary/aromatic N) is 5. The van der Waals surface area contributed by atoms with Crippen molar-refractivity contribution < 1.29 is 0 Å². The van der Waals surface area contributed by atoms with Gasteiger partial charge in [-0.2, -0.15) is 4.52 Å². The van der Waals surface area contributed by atoms with E-state index in [0.29, 0.717) is 0 Å². The molecule has 1 aliphatic rings. The second kappa shape index (κ2) is 6.65. The average Bonchev–Trinajstić information content (AvgIpc) is 2.94. The third-order valence-corrected chi connectivity index (χ3v) is 5.46. The zero-order chi connectivity index (χ0) is 18.2. The highest BCUT2D eigenvalue weighted by Gasteiger charge is 2.19. The van der Waals surface area contributed by atoms with Crippen LogP contribution in [0.3, 0.4) is 0 Å². The highest BCUT2D eigenvalue weighted by atomic mass is 15.4. The standard InChI is InChI=1S/C22H23N5/c1-16-10-12-17(13-11-16)20-22-23-21(26-14-6-2-3-7-15-26)18-8-4-5-9-19(18)27(22)25-24-20/h4-5,8-13H,2-3,6-7,14-15H2,1H3. The lowest BCUT2D eigenvalue weighted by Crippen LogP contribution is -2.25. The van der Waals surface area contributed by atoms with Crippen LogP contribution in [0, 0.1) is 6.92 Å². The van der Waals surface area contributed by atoms with Crippen LogP contribution in [0.5, 0.6) is 0 Å². The average molecular weight is 357 g/mol. The Morgan fingerprint density at radius 1 is 0.852 bits per heavy atom. The molecule has 5 nitrogen and oxygen atoms in total. The Labute approximate surface area is 158 Å². The van der Waals surface area contributed by atoms with Gasteiger partial charge in [0.2, 0.25) is 0 Å². The van der Waals surface area contributed by atoms with Gasteiger partial charge in [-0.1, -0.05) is 60.0 Å². The van der Waals surface area contributed by atoms with Gasteiger partial charge in [0.25, 0.3) is 0 Å². The molecule has 0 unspecified atom stereocenters. The fourth-order valence-electron chi connectivity index (χ4n) is 3.97. The van der Waals surface area contributed by atoms with Crippen molar-refractivity contribution in [3.63, 3.8) is 0 Å². The zero-order valence-electron chi connectivity index (χ0n) is 15.6. The summed E-state index contributed by atoms with van der Waals surface area (Å²) in [4.78, 5) is 7.54. The van der Waals surface area contributed by atoms with E-state index in [4.69, 9.17) is 4.98 Å². The van der Waals surface area contributed by atoms with Crippen LogP contribution in [0.25, 0.3) is 27.8 Å². The molecule has 0 atom stereocenters. The van der Waals surface area contributed by atoms with E-state index in [0.717, 1.165) is 46.7 Å². The molecule has 0 amide bonds. The van der Waals surface area contributed by atoms with E-state index in [9.17, 15) is 0 Å². The van der Waals surface area contributed by atoms with Crippen molar-refractivity contribution in [2.24, 2.45) is 0 Å². The van der Waals surface area contributed by atoms with Gasteiger partial charge in [-0.3, -0.25) is 0 Å². The molecule has 0 aliphatic carbocycles. The summed E-state index contributed by atoms with van der Waals surface area (Å²) in [6.07, 6.45) is 5.06. The lowest BCUT2D eigenvalue weighted by atomic mass is 10.1. The summed E-state index contributed by atoms with van der Waals surface area (Å²) >= 11 is 0. The van der Waals surface area contributed by atoms with Gasteiger partial charge >= 0.3 is 0 Å². The van der Waals surface area contributed by atoms with Crippen molar-refractivity contribution in [3.8, 4) is 11.3 Å². The molecule has 0 N–H and O–H groups in total. The predicted octanol–water partition coefficient (Wildman–Crippen LogP) is 4.63. The summed E-state index contributed by atoms with van der Waals surface area (Å²) in [5, 5.41) is 10.1. The zero-order valence-corrected chi connectivity index (χ0v) is 15.6. The van der Waals surface area contributed by atoms with Crippen molar-refractivity contribution in [3.05, 3.63) is 54.1 Å². The van der Waals surface area contributed by atoms with Crippen LogP contribution in [0.4, 0.5) is 5.82 Å². The largest absolute Gasteiger partial charge is 0.356 e. The number of aromatic nitrogens is 4. The number of benzene rings is 2. The SMILES string of the molecule is Cc1ccc(-c2nnn3c2nc(N2CCCCCC2)c2ccccc23)cc1. The lowest BCUT2D eigenvalue weighted by Gasteiger charge is -2.23. The molecule has 5 heteroatoms. The summed E-state index contributed by atoms with van der Waals surface area (Å²) < 4.78 is 1.88. The number of hydrogen-bond donors (Lipinski definition) is 0. The van der Waals surface area contributed by atoms with E-state index in [1.54, 1.807) is 0 Å². The van der Waals surface area contributed by atoms with Gasteiger partial charge in [-0.25, -0.2) is 4.98 Å². The second-order valence-corrected chi connectivity index (χ2v) is 7.39. The highest BCUT2D eigenvalue weighted by molar-refractivity contribution is 5.93. The fourth-order valence-corrected chi connectivity index (χ4v) is 3.97. The molecule has 4 aromatic rings. The Morgan fingerprint density at radius 3 is 2.37 bits per heavy atom. The summed E-state index contributed by atoms with van der Waals surface area (Å²) in [6.45, 7) is 4.22. The predicted molar refractivity (Wildman–Crippen MR) is 109 cm³/mol. The molecule has 0 bridgehead atoms. The molecule has 2 aromatic heterocycles. The monoisotopic (exact) mass is 357 g/mol. The molecule has 0 saturated carbocycles. The highest BCUT2D eigenvalue weighted by Crippen LogP contribution is 2.31. The third-order valence-electron chi connectivity index (χ3n) is 5.46. The fraction of sp³-hybridized carbons (Fsp3) is 0.318. The van der Waals surface area contributed by atoms with E-state index < -0.39 is 0 Å². The molecule has 1 fully saturated rings. The summed E-state index contributed by atoms with van der Waals surface area (Å²) in [5.41, 5.74) is 5.03. The van der Waals surface area contributed by atoms with Gasteiger partial charge in [0.1, 0.15) is 11.5 Å². The van der Waals surface area contributed by atoms with Crippen molar-refractivity contribution >= 4 is 22.4 Å². The van der Waals surface area contributed by atoms with Crippen LogP contribution in [0.1, 0.15) is 31.2 Å². The van der Waals surface area contributed by atoms with E-state index in [-0.39, 0.29) is 0 Å². The van der Waals surface area contributed by atoms with Crippen molar-refractivity contribution in [1.29, 1.82) is 0 Å². The first-order valence-corrected chi connectivity index (χ1v) is 9.77. The van der Waals surface area contributed by atoms with Gasteiger partial charge in [0, 0.05) is 24.0 Å². The van der Waals surface area contributed by atoms with Crippen LogP contribution in [-0.4, -0.2) is 32.9 Å². The summed E-state index contributed by atoms with van der Waals surface area (Å²) in [7, 11) is 0. The molecule has 1 saturated heterocycles. The molecular formula is C22H23N5. The number of anilines is 1. The van der Waals surface area contributed by atoms with Gasteiger partial charge in [-0.05, 0) is 31.9 Å². The Hall–Kier alpha value is -2.95. The first-order chi connectivity index (χ1) is 13.3. The lowest BCUT2D eigenvalue weighted by molar-refractivity contribution is 0.726. The van der Waals surface area contributed by atoms with Gasteiger partial charge < -0.3 is 4.90 Å². The third kappa shape index (κ3) is 2.83. The van der Waals surface area contributed by atoms with Gasteiger partial charge in [0.05, 0.1) is 5.52 Å². The van der Waals surface area contributed by atoms with E-state index in [2.05, 4.69) is 70.7 Å². The molecule has 0 radical (unpaired) electrons. The normalized spacial score (nSPS) is 15.4. The quantitative estimate of drug-likeness (QED) is 0.525. The molecule has 2 aromatic carbocycles. The Bertz CT molecular complexity index is 1090. The first kappa shape index (κ1) is 16.2. The number of para-hydroxylation sites is 1. The van der Waals surface area contributed by atoms with Crippen LogP contribution in [0.2, 0.25) is 0 Å². The Kier molecular flexibility index (Phi) is 4.00. The minimum atomic E-state index is 0.830. The first-order valence-electron chi connectivity index (χ1n) is 9.77. The second-order valence-electron chi connectivity index (χ2n) is 7.39. The Balaban J connectivity index is 1.75. The number of rotatable bonds is 2. The van der Waals surface area contributed by atoms with E-state index >= 15 is 0 Å². The number of aryl methyl sites for hydroxylation is 1. The van der Waals surface area contributed by atoms with Crippen LogP contribution < -0.4 is 4.90 Å². The van der Waals surface area contributed by atoms with Crippen molar-refractivity contribution in [1.82, 2.24) is 19.8 Å². The van der Waals surface area contributed by atoms with Gasteiger partial charge in [0.15, 0.2) is 5.65 Å². The van der Waals surface area contributed by atoms with Crippen LogP contribution in [0.15, 0.2) is 48.5 Å². The smallest absolute Gasteiger partial charge is 0.186 e. The van der Waals surface area contributed by atoms with E-state index in [1.807, 2.05) is 4.52 Å². The molecule has 1 aliphatic heterocycles. The summed E-state index contributed by atoms with van der Waals surface area (Å²) in [6, 6.07) is 16.8. The number of fused-ring (bicyclic) bond motifs is 3. The topological polar surface area (TPSA) is 46.3 Å². The number of hydrogen-bond acceptors (Lipinski definition) is 4. The van der Waals surface area contributed by atoms with Crippen molar-refractivity contribution in [2.45, 2.75) is 32.6 Å². The van der Waals surface area contributed by atoms with E-state index in [1.165, 1.54) is 31.2 Å². The van der Waals surface area contributed by atoms with Crippen LogP contribution >= 0.6 is 0 Å². The van der Waals surface area contributed by atoms with Crippen LogP contribution in [-0.2, 0) is 0 Å². The molecule has 0 spiro atoms. The van der Waals surface area contributed by atoms with Crippen molar-refractivity contribution in [2.75, 3.05) is 18.0 Å². The molecule has 3 heterocycles. The molecule has 5 rings (SSSR count). The summed E-state index contributed by atoms with van der Waals surface area (Å²) in [5.74, 6) is 1.07. The Morgan fingerprint density at radius 2 is 1.59 bits per heavy atom. The minimum absolute atomic E-state index is 0.830. The molecule has 136 valence electrons. The maximum absolute atomic E-state index is 5.09. The maximum atomic E-state index is 5.09. The molecule has 27 heavy (non-hydrogen) atoms. The maximum Gasteiger partial charge on any atom is 0.186 e. The molecular weight excluding hydrogens is 334 g/mol. The van der Waals surface area contributed by atoms with Gasteiger partial charge in [-0.15, -0.1) is 5.10 Å². The minimum Gasteiger partial charge on any atom is -0.356 e.